The van der Waals surface area contributed by atoms with Gasteiger partial charge in [-0.25, -0.2) is 9.78 Å². The number of rotatable bonds is 5. The molecule has 0 amide bonds. The largest absolute Gasteiger partial charge is 0.465 e. The Labute approximate surface area is 203 Å². The van der Waals surface area contributed by atoms with E-state index < -0.39 is 12.1 Å². The van der Waals surface area contributed by atoms with Gasteiger partial charge in [0.05, 0.1) is 41.1 Å². The molecule has 0 bridgehead atoms. The molecule has 1 saturated heterocycles. The summed E-state index contributed by atoms with van der Waals surface area (Å²) in [5.74, 6) is -0.646. The van der Waals surface area contributed by atoms with Gasteiger partial charge in [0.2, 0.25) is 0 Å². The second-order valence-corrected chi connectivity index (χ2v) is 10.4. The summed E-state index contributed by atoms with van der Waals surface area (Å²) in [6.45, 7) is 0.903. The average molecular weight is 485 g/mol. The Morgan fingerprint density at radius 2 is 2.06 bits per heavy atom. The van der Waals surface area contributed by atoms with E-state index in [4.69, 9.17) is 10.5 Å². The van der Waals surface area contributed by atoms with Crippen LogP contribution in [0, 0.1) is 5.92 Å². The van der Waals surface area contributed by atoms with Crippen LogP contribution in [0.3, 0.4) is 0 Å². The number of thiophene rings is 1. The fraction of sp³-hybridized carbons (Fsp3) is 0.520. The Bertz CT molecular complexity index is 1180. The lowest BCUT2D eigenvalue weighted by molar-refractivity contribution is 0.0540. The molecule has 182 valence electrons. The quantitative estimate of drug-likeness (QED) is 0.472. The first kappa shape index (κ1) is 23.1. The summed E-state index contributed by atoms with van der Waals surface area (Å²) in [7, 11) is 1.35. The summed E-state index contributed by atoms with van der Waals surface area (Å²) in [5, 5.41) is 20.6. The van der Waals surface area contributed by atoms with E-state index in [0.717, 1.165) is 21.5 Å². The van der Waals surface area contributed by atoms with Crippen LogP contribution in [0.2, 0.25) is 0 Å². The van der Waals surface area contributed by atoms with Gasteiger partial charge >= 0.3 is 5.97 Å². The maximum absolute atomic E-state index is 12.7. The maximum atomic E-state index is 12.7. The number of β-amino-alcohol motifs (C(OH)–C–C–N with tert-alkyl or cyclic N) is 1. The SMILES string of the molecule is COC(=O)c1c(N2CC[C@H](CO)[C@@H](O)C2)sc(-c2ccc3c(c2)ncn3C2CCCCC2)c1N. The average Bonchev–Trinajstić information content (AvgIpc) is 3.44. The summed E-state index contributed by atoms with van der Waals surface area (Å²) in [6, 6.07) is 6.68. The number of aliphatic hydroxyl groups excluding tert-OH is 2. The van der Waals surface area contributed by atoms with Crippen molar-refractivity contribution in [2.45, 2.75) is 50.7 Å². The second-order valence-electron chi connectivity index (χ2n) is 9.41. The number of benzene rings is 1. The molecule has 0 radical (unpaired) electrons. The predicted octanol–water partition coefficient (Wildman–Crippen LogP) is 3.82. The van der Waals surface area contributed by atoms with Crippen molar-refractivity contribution in [3.8, 4) is 10.4 Å². The number of fused-ring (bicyclic) bond motifs is 1. The van der Waals surface area contributed by atoms with Gasteiger partial charge in [-0.3, -0.25) is 0 Å². The van der Waals surface area contributed by atoms with Crippen LogP contribution >= 0.6 is 11.3 Å². The monoisotopic (exact) mass is 484 g/mol. The van der Waals surface area contributed by atoms with Crippen LogP contribution in [0.25, 0.3) is 21.5 Å². The van der Waals surface area contributed by atoms with Crippen LogP contribution in [0.15, 0.2) is 24.5 Å². The number of esters is 1. The number of carbonyl (C=O) groups excluding carboxylic acids is 1. The van der Waals surface area contributed by atoms with Crippen molar-refractivity contribution in [2.24, 2.45) is 5.92 Å². The number of carbonyl (C=O) groups is 1. The molecule has 1 aliphatic heterocycles. The van der Waals surface area contributed by atoms with Crippen molar-refractivity contribution >= 4 is 39.0 Å². The fourth-order valence-electron chi connectivity index (χ4n) is 5.37. The highest BCUT2D eigenvalue weighted by Gasteiger charge is 2.33. The van der Waals surface area contributed by atoms with Gasteiger partial charge in [-0.1, -0.05) is 25.3 Å². The first-order valence-electron chi connectivity index (χ1n) is 12.0. The Kier molecular flexibility index (Phi) is 6.50. The molecule has 1 aromatic carbocycles. The third-order valence-corrected chi connectivity index (χ3v) is 8.68. The lowest BCUT2D eigenvalue weighted by Crippen LogP contribution is -2.45. The predicted molar refractivity (Wildman–Crippen MR) is 134 cm³/mol. The van der Waals surface area contributed by atoms with Gasteiger partial charge in [0.1, 0.15) is 10.6 Å². The van der Waals surface area contributed by atoms with E-state index in [0.29, 0.717) is 41.8 Å². The first-order chi connectivity index (χ1) is 16.5. The van der Waals surface area contributed by atoms with E-state index in [1.54, 1.807) is 0 Å². The molecule has 34 heavy (non-hydrogen) atoms. The number of nitrogens with zero attached hydrogens (tertiary/aromatic N) is 3. The number of aromatic nitrogens is 2. The van der Waals surface area contributed by atoms with E-state index in [1.165, 1.54) is 50.6 Å². The van der Waals surface area contributed by atoms with Gasteiger partial charge in [0.25, 0.3) is 0 Å². The third-order valence-electron chi connectivity index (χ3n) is 7.36. The van der Waals surface area contributed by atoms with E-state index in [1.807, 2.05) is 23.4 Å². The van der Waals surface area contributed by atoms with Gasteiger partial charge in [-0.2, -0.15) is 0 Å². The summed E-state index contributed by atoms with van der Waals surface area (Å²) >= 11 is 1.44. The summed E-state index contributed by atoms with van der Waals surface area (Å²) in [6.07, 6.45) is 8.12. The van der Waals surface area contributed by atoms with Crippen molar-refractivity contribution < 1.29 is 19.7 Å². The van der Waals surface area contributed by atoms with Gasteiger partial charge in [0, 0.05) is 31.7 Å². The molecular formula is C25H32N4O4S. The van der Waals surface area contributed by atoms with Crippen molar-refractivity contribution in [1.82, 2.24) is 9.55 Å². The third kappa shape index (κ3) is 4.06. The minimum absolute atomic E-state index is 0.0514. The maximum Gasteiger partial charge on any atom is 0.343 e. The van der Waals surface area contributed by atoms with E-state index in [2.05, 4.69) is 15.6 Å². The number of anilines is 2. The first-order valence-corrected chi connectivity index (χ1v) is 12.8. The number of hydrogen-bond acceptors (Lipinski definition) is 8. The van der Waals surface area contributed by atoms with E-state index in [-0.39, 0.29) is 12.5 Å². The van der Waals surface area contributed by atoms with Crippen LogP contribution in [0.1, 0.15) is 54.9 Å². The van der Waals surface area contributed by atoms with Crippen LogP contribution in [-0.2, 0) is 4.74 Å². The molecule has 4 N–H and O–H groups in total. The van der Waals surface area contributed by atoms with Crippen molar-refractivity contribution in [1.29, 1.82) is 0 Å². The number of ether oxygens (including phenoxy) is 1. The molecule has 8 nitrogen and oxygen atoms in total. The number of hydrogen-bond donors (Lipinski definition) is 3. The number of nitrogens with two attached hydrogens (primary N) is 1. The molecule has 3 aromatic rings. The minimum Gasteiger partial charge on any atom is -0.465 e. The summed E-state index contributed by atoms with van der Waals surface area (Å²) in [4.78, 5) is 20.1. The molecule has 1 saturated carbocycles. The van der Waals surface area contributed by atoms with Crippen LogP contribution in [0.5, 0.6) is 0 Å². The molecule has 2 aliphatic rings. The Morgan fingerprint density at radius 3 is 2.76 bits per heavy atom. The zero-order valence-electron chi connectivity index (χ0n) is 19.4. The molecule has 2 atom stereocenters. The molecule has 9 heteroatoms. The molecule has 0 spiro atoms. The Balaban J connectivity index is 1.51. The number of aliphatic hydroxyl groups is 2. The van der Waals surface area contributed by atoms with E-state index in [9.17, 15) is 15.0 Å². The summed E-state index contributed by atoms with van der Waals surface area (Å²) < 4.78 is 7.35. The molecule has 0 unspecified atom stereocenters. The zero-order chi connectivity index (χ0) is 23.8. The number of nitrogen functional groups attached to an aromatic ring is 1. The van der Waals surface area contributed by atoms with Crippen molar-refractivity contribution in [3.63, 3.8) is 0 Å². The zero-order valence-corrected chi connectivity index (χ0v) is 20.3. The molecule has 2 aromatic heterocycles. The Hall–Kier alpha value is -2.62. The molecular weight excluding hydrogens is 452 g/mol. The standard InChI is InChI=1S/C25H32N4O4S/c1-33-25(32)21-22(26)23(34-24(21)28-10-9-16(13-30)20(31)12-28)15-7-8-19-18(11-15)27-14-29(19)17-5-3-2-4-6-17/h7-8,11,14,16-17,20,30-31H,2-6,9-10,12-13,26H2,1H3/t16-,20+/m1/s1. The highest BCUT2D eigenvalue weighted by molar-refractivity contribution is 7.20. The van der Waals surface area contributed by atoms with Gasteiger partial charge < -0.3 is 30.2 Å². The second kappa shape index (κ2) is 9.56. The number of methoxy groups -OCH3 is 1. The van der Waals surface area contributed by atoms with Crippen molar-refractivity contribution in [3.05, 3.63) is 30.1 Å². The normalized spacial score (nSPS) is 21.8. The van der Waals surface area contributed by atoms with Crippen LogP contribution in [-0.4, -0.2) is 58.6 Å². The molecule has 1 aliphatic carbocycles. The highest BCUT2D eigenvalue weighted by atomic mass is 32.1. The topological polar surface area (TPSA) is 114 Å². The summed E-state index contributed by atoms with van der Waals surface area (Å²) in [5.41, 5.74) is 10.2. The molecule has 3 heterocycles. The molecule has 2 fully saturated rings. The van der Waals surface area contributed by atoms with E-state index >= 15 is 0 Å². The van der Waals surface area contributed by atoms with Crippen LogP contribution in [0.4, 0.5) is 10.7 Å². The lowest BCUT2D eigenvalue weighted by atomic mass is 9.95. The van der Waals surface area contributed by atoms with Gasteiger partial charge in [0.15, 0.2) is 0 Å². The fourth-order valence-corrected chi connectivity index (χ4v) is 6.61. The van der Waals surface area contributed by atoms with Gasteiger partial charge in [-0.05, 0) is 37.0 Å². The lowest BCUT2D eigenvalue weighted by Gasteiger charge is -2.36. The Morgan fingerprint density at radius 1 is 1.26 bits per heavy atom. The van der Waals surface area contributed by atoms with Crippen molar-refractivity contribution in [2.75, 3.05) is 37.4 Å². The number of imidazole rings is 1. The van der Waals surface area contributed by atoms with Gasteiger partial charge in [-0.15, -0.1) is 11.3 Å². The minimum atomic E-state index is -0.670. The smallest absolute Gasteiger partial charge is 0.343 e. The highest BCUT2D eigenvalue weighted by Crippen LogP contribution is 2.46. The molecule has 5 rings (SSSR count). The van der Waals surface area contributed by atoms with Crippen LogP contribution < -0.4 is 10.6 Å². The number of piperidine rings is 1.